The zero-order chi connectivity index (χ0) is 11.5. The van der Waals surface area contributed by atoms with Crippen molar-refractivity contribution in [2.24, 2.45) is 0 Å². The molecule has 0 atom stereocenters. The maximum atomic E-state index is 11.4. The fourth-order valence-corrected chi connectivity index (χ4v) is 1.66. The van der Waals surface area contributed by atoms with Crippen LogP contribution in [0.1, 0.15) is 36.7 Å². The molecule has 0 aliphatic heterocycles. The van der Waals surface area contributed by atoms with E-state index in [1.807, 2.05) is 11.9 Å². The van der Waals surface area contributed by atoms with Crippen molar-refractivity contribution in [1.29, 1.82) is 0 Å². The Morgan fingerprint density at radius 3 is 3.00 bits per heavy atom. The number of carbonyl (C=O) groups excluding carboxylic acids is 1. The SMILES string of the molecule is CCOC(=O)c1coc(N(C)C2CCC2)n1. The Bertz CT molecular complexity index is 371. The summed E-state index contributed by atoms with van der Waals surface area (Å²) in [6.07, 6.45) is 4.92. The molecule has 16 heavy (non-hydrogen) atoms. The predicted molar refractivity (Wildman–Crippen MR) is 58.5 cm³/mol. The smallest absolute Gasteiger partial charge is 0.360 e. The Labute approximate surface area is 94.4 Å². The largest absolute Gasteiger partial charge is 0.461 e. The van der Waals surface area contributed by atoms with Crippen LogP contribution >= 0.6 is 0 Å². The predicted octanol–water partition coefficient (Wildman–Crippen LogP) is 1.84. The number of nitrogens with zero attached hydrogens (tertiary/aromatic N) is 2. The van der Waals surface area contributed by atoms with Crippen molar-refractivity contribution < 1.29 is 13.9 Å². The maximum absolute atomic E-state index is 11.4. The number of ether oxygens (including phenoxy) is 1. The van der Waals surface area contributed by atoms with Crippen molar-refractivity contribution in [3.63, 3.8) is 0 Å². The van der Waals surface area contributed by atoms with Gasteiger partial charge in [0.25, 0.3) is 6.01 Å². The molecule has 0 amide bonds. The van der Waals surface area contributed by atoms with Crippen molar-refractivity contribution in [2.75, 3.05) is 18.6 Å². The third-order valence-electron chi connectivity index (χ3n) is 2.90. The molecule has 0 aromatic carbocycles. The lowest BCUT2D eigenvalue weighted by atomic mass is 9.92. The van der Waals surface area contributed by atoms with Gasteiger partial charge in [-0.25, -0.2) is 4.79 Å². The lowest BCUT2D eigenvalue weighted by molar-refractivity contribution is 0.0519. The van der Waals surface area contributed by atoms with E-state index in [0.29, 0.717) is 18.7 Å². The van der Waals surface area contributed by atoms with Crippen molar-refractivity contribution in [3.8, 4) is 0 Å². The molecular formula is C11H16N2O3. The Hall–Kier alpha value is -1.52. The molecule has 0 N–H and O–H groups in total. The standard InChI is InChI=1S/C11H16N2O3/c1-3-15-10(14)9-7-16-11(12-9)13(2)8-5-4-6-8/h7-8H,3-6H2,1-2H3. The molecule has 1 aromatic rings. The minimum absolute atomic E-state index is 0.239. The van der Waals surface area contributed by atoms with E-state index in [4.69, 9.17) is 9.15 Å². The lowest BCUT2D eigenvalue weighted by Crippen LogP contribution is -2.37. The van der Waals surface area contributed by atoms with Crippen LogP contribution in [0, 0.1) is 0 Å². The van der Waals surface area contributed by atoms with Crippen molar-refractivity contribution in [3.05, 3.63) is 12.0 Å². The van der Waals surface area contributed by atoms with Crippen LogP contribution in [0.4, 0.5) is 6.01 Å². The molecular weight excluding hydrogens is 208 g/mol. The van der Waals surface area contributed by atoms with E-state index >= 15 is 0 Å². The molecule has 88 valence electrons. The number of hydrogen-bond donors (Lipinski definition) is 0. The summed E-state index contributed by atoms with van der Waals surface area (Å²) in [5.74, 6) is -0.431. The van der Waals surface area contributed by atoms with Crippen LogP contribution in [0.5, 0.6) is 0 Å². The van der Waals surface area contributed by atoms with Gasteiger partial charge in [0.1, 0.15) is 6.26 Å². The van der Waals surface area contributed by atoms with Gasteiger partial charge in [-0.2, -0.15) is 4.98 Å². The van der Waals surface area contributed by atoms with Gasteiger partial charge in [-0.1, -0.05) is 0 Å². The van der Waals surface area contributed by atoms with Gasteiger partial charge in [0.05, 0.1) is 6.61 Å². The van der Waals surface area contributed by atoms with Crippen molar-refractivity contribution >= 4 is 12.0 Å². The Morgan fingerprint density at radius 2 is 2.44 bits per heavy atom. The Morgan fingerprint density at radius 1 is 1.69 bits per heavy atom. The second-order valence-electron chi connectivity index (χ2n) is 3.93. The number of oxazole rings is 1. The van der Waals surface area contributed by atoms with Gasteiger partial charge < -0.3 is 14.1 Å². The Kier molecular flexibility index (Phi) is 3.12. The van der Waals surface area contributed by atoms with Crippen LogP contribution < -0.4 is 4.90 Å². The number of carbonyl (C=O) groups is 1. The van der Waals surface area contributed by atoms with E-state index in [2.05, 4.69) is 4.98 Å². The molecule has 5 heteroatoms. The molecule has 1 aliphatic rings. The summed E-state index contributed by atoms with van der Waals surface area (Å²) in [6, 6.07) is 0.987. The number of anilines is 1. The summed E-state index contributed by atoms with van der Waals surface area (Å²) in [6.45, 7) is 2.11. The summed E-state index contributed by atoms with van der Waals surface area (Å²) in [7, 11) is 1.94. The summed E-state index contributed by atoms with van der Waals surface area (Å²) in [4.78, 5) is 17.5. The average molecular weight is 224 g/mol. The van der Waals surface area contributed by atoms with Gasteiger partial charge >= 0.3 is 5.97 Å². The molecule has 5 nitrogen and oxygen atoms in total. The van der Waals surface area contributed by atoms with Crippen LogP contribution in [0.15, 0.2) is 10.7 Å². The van der Waals surface area contributed by atoms with Gasteiger partial charge in [0.2, 0.25) is 0 Å². The summed E-state index contributed by atoms with van der Waals surface area (Å²) in [5, 5.41) is 0. The highest BCUT2D eigenvalue weighted by atomic mass is 16.5. The van der Waals surface area contributed by atoms with E-state index in [9.17, 15) is 4.79 Å². The number of aromatic nitrogens is 1. The average Bonchev–Trinajstić information content (AvgIpc) is 2.63. The highest BCUT2D eigenvalue weighted by Crippen LogP contribution is 2.27. The minimum Gasteiger partial charge on any atom is -0.461 e. The highest BCUT2D eigenvalue weighted by molar-refractivity contribution is 5.87. The second kappa shape index (κ2) is 4.55. The fourth-order valence-electron chi connectivity index (χ4n) is 1.66. The van der Waals surface area contributed by atoms with Gasteiger partial charge in [-0.3, -0.25) is 0 Å². The third kappa shape index (κ3) is 2.03. The molecule has 0 spiro atoms. The van der Waals surface area contributed by atoms with E-state index in [1.165, 1.54) is 12.7 Å². The number of hydrogen-bond acceptors (Lipinski definition) is 5. The number of rotatable bonds is 4. The van der Waals surface area contributed by atoms with Gasteiger partial charge in [0.15, 0.2) is 5.69 Å². The van der Waals surface area contributed by atoms with Gasteiger partial charge in [0, 0.05) is 13.1 Å². The van der Waals surface area contributed by atoms with Crippen LogP contribution in [0.2, 0.25) is 0 Å². The number of esters is 1. The van der Waals surface area contributed by atoms with E-state index in [1.54, 1.807) is 6.92 Å². The van der Waals surface area contributed by atoms with E-state index in [0.717, 1.165) is 12.8 Å². The Balaban J connectivity index is 2.03. The van der Waals surface area contributed by atoms with E-state index < -0.39 is 5.97 Å². The first-order valence-corrected chi connectivity index (χ1v) is 5.58. The minimum atomic E-state index is -0.431. The monoisotopic (exact) mass is 224 g/mol. The van der Waals surface area contributed by atoms with Crippen LogP contribution in [0.25, 0.3) is 0 Å². The molecule has 0 saturated heterocycles. The molecule has 0 unspecified atom stereocenters. The maximum Gasteiger partial charge on any atom is 0.360 e. The lowest BCUT2D eigenvalue weighted by Gasteiger charge is -2.33. The molecule has 0 bridgehead atoms. The first kappa shape index (κ1) is 11.0. The quantitative estimate of drug-likeness (QED) is 0.730. The van der Waals surface area contributed by atoms with Crippen molar-refractivity contribution in [1.82, 2.24) is 4.98 Å². The second-order valence-corrected chi connectivity index (χ2v) is 3.93. The van der Waals surface area contributed by atoms with Crippen LogP contribution in [-0.2, 0) is 4.74 Å². The topological polar surface area (TPSA) is 55.6 Å². The molecule has 1 saturated carbocycles. The normalized spacial score (nSPS) is 15.6. The van der Waals surface area contributed by atoms with E-state index in [-0.39, 0.29) is 5.69 Å². The molecule has 1 fully saturated rings. The molecule has 1 aliphatic carbocycles. The summed E-state index contributed by atoms with van der Waals surface area (Å²) < 4.78 is 10.1. The van der Waals surface area contributed by atoms with Gasteiger partial charge in [-0.05, 0) is 26.2 Å². The molecule has 1 heterocycles. The third-order valence-corrected chi connectivity index (χ3v) is 2.90. The van der Waals surface area contributed by atoms with Crippen molar-refractivity contribution in [2.45, 2.75) is 32.2 Å². The molecule has 1 aromatic heterocycles. The molecule has 0 radical (unpaired) electrons. The zero-order valence-electron chi connectivity index (χ0n) is 9.60. The highest BCUT2D eigenvalue weighted by Gasteiger charge is 2.26. The summed E-state index contributed by atoms with van der Waals surface area (Å²) >= 11 is 0. The first-order chi connectivity index (χ1) is 7.72. The van der Waals surface area contributed by atoms with Crippen LogP contribution in [-0.4, -0.2) is 30.6 Å². The summed E-state index contributed by atoms with van der Waals surface area (Å²) in [5.41, 5.74) is 0.239. The fraction of sp³-hybridized carbons (Fsp3) is 0.636. The zero-order valence-corrected chi connectivity index (χ0v) is 9.60. The van der Waals surface area contributed by atoms with Crippen LogP contribution in [0.3, 0.4) is 0 Å². The molecule has 2 rings (SSSR count). The van der Waals surface area contributed by atoms with Gasteiger partial charge in [-0.15, -0.1) is 0 Å². The first-order valence-electron chi connectivity index (χ1n) is 5.58.